The summed E-state index contributed by atoms with van der Waals surface area (Å²) in [5.74, 6) is 0.124. The Kier molecular flexibility index (Phi) is 4.39. The van der Waals surface area contributed by atoms with Crippen molar-refractivity contribution in [1.29, 1.82) is 0 Å². The number of methoxy groups -OCH3 is 1. The summed E-state index contributed by atoms with van der Waals surface area (Å²) in [6.07, 6.45) is 0. The van der Waals surface area contributed by atoms with Crippen LogP contribution in [0.25, 0.3) is 11.5 Å². The first kappa shape index (κ1) is 15.9. The zero-order chi connectivity index (χ0) is 17.1. The lowest BCUT2D eigenvalue weighted by Gasteiger charge is -2.06. The average Bonchev–Trinajstić information content (AvgIpc) is 3.23. The number of carbonyl (C=O) groups is 2. The zero-order valence-electron chi connectivity index (χ0n) is 12.9. The second-order valence-electron chi connectivity index (χ2n) is 4.83. The molecule has 0 spiro atoms. The van der Waals surface area contributed by atoms with Gasteiger partial charge in [-0.1, -0.05) is 5.16 Å². The molecule has 0 bridgehead atoms. The second-order valence-corrected chi connectivity index (χ2v) is 5.75. The van der Waals surface area contributed by atoms with Crippen LogP contribution in [0.1, 0.15) is 25.9 Å². The van der Waals surface area contributed by atoms with E-state index in [2.05, 4.69) is 20.2 Å². The molecular weight excluding hydrogens is 330 g/mol. The summed E-state index contributed by atoms with van der Waals surface area (Å²) in [5, 5.41) is 8.14. The molecule has 2 heterocycles. The van der Waals surface area contributed by atoms with E-state index in [4.69, 9.17) is 4.52 Å². The third-order valence-corrected chi connectivity index (χ3v) is 4.10. The number of rotatable bonds is 4. The zero-order valence-corrected chi connectivity index (χ0v) is 13.7. The van der Waals surface area contributed by atoms with Crippen molar-refractivity contribution in [1.82, 2.24) is 10.1 Å². The van der Waals surface area contributed by atoms with Crippen molar-refractivity contribution in [3.63, 3.8) is 0 Å². The number of carbonyl (C=O) groups excluding carboxylic acids is 2. The van der Waals surface area contributed by atoms with Gasteiger partial charge in [0.2, 0.25) is 0 Å². The van der Waals surface area contributed by atoms with E-state index in [1.807, 2.05) is 0 Å². The minimum Gasteiger partial charge on any atom is -0.465 e. The Labute approximate surface area is 141 Å². The molecule has 0 saturated carbocycles. The van der Waals surface area contributed by atoms with Crippen molar-refractivity contribution < 1.29 is 18.8 Å². The van der Waals surface area contributed by atoms with Crippen LogP contribution in [-0.2, 0) is 4.74 Å². The van der Waals surface area contributed by atoms with Gasteiger partial charge in [0, 0.05) is 11.1 Å². The molecule has 3 rings (SSSR count). The third-order valence-electron chi connectivity index (χ3n) is 3.21. The van der Waals surface area contributed by atoms with E-state index in [9.17, 15) is 9.59 Å². The Morgan fingerprint density at radius 1 is 1.21 bits per heavy atom. The molecular formula is C16H13N3O4S. The molecule has 0 unspecified atom stereocenters. The van der Waals surface area contributed by atoms with Gasteiger partial charge in [-0.3, -0.25) is 4.79 Å². The third kappa shape index (κ3) is 3.18. The SMILES string of the molecule is COC(=O)c1sccc1NC(=O)c1ccc(-c2nc(C)no2)cc1. The van der Waals surface area contributed by atoms with Gasteiger partial charge in [0.25, 0.3) is 11.8 Å². The van der Waals surface area contributed by atoms with E-state index in [1.165, 1.54) is 18.4 Å². The topological polar surface area (TPSA) is 94.3 Å². The number of amides is 1. The van der Waals surface area contributed by atoms with Crippen LogP contribution in [-0.4, -0.2) is 29.1 Å². The van der Waals surface area contributed by atoms with Gasteiger partial charge in [0.1, 0.15) is 4.88 Å². The maximum atomic E-state index is 12.3. The summed E-state index contributed by atoms with van der Waals surface area (Å²) in [6.45, 7) is 1.73. The van der Waals surface area contributed by atoms with Gasteiger partial charge in [-0.2, -0.15) is 4.98 Å². The molecule has 2 aromatic heterocycles. The first-order valence-corrected chi connectivity index (χ1v) is 7.84. The Hall–Kier alpha value is -3.00. The number of aryl methyl sites for hydroxylation is 1. The molecule has 122 valence electrons. The summed E-state index contributed by atoms with van der Waals surface area (Å²) in [4.78, 5) is 28.4. The summed E-state index contributed by atoms with van der Waals surface area (Å²) in [7, 11) is 1.30. The van der Waals surface area contributed by atoms with Gasteiger partial charge in [-0.05, 0) is 42.6 Å². The van der Waals surface area contributed by atoms with Crippen molar-refractivity contribution in [3.8, 4) is 11.5 Å². The maximum Gasteiger partial charge on any atom is 0.350 e. The van der Waals surface area contributed by atoms with Gasteiger partial charge >= 0.3 is 5.97 Å². The van der Waals surface area contributed by atoms with Crippen LogP contribution in [0.3, 0.4) is 0 Å². The molecule has 0 radical (unpaired) electrons. The molecule has 1 amide bonds. The van der Waals surface area contributed by atoms with Gasteiger partial charge in [-0.15, -0.1) is 11.3 Å². The molecule has 0 aliphatic rings. The standard InChI is InChI=1S/C16H13N3O4S/c1-9-17-15(23-19-9)11-5-3-10(4-6-11)14(20)18-12-7-8-24-13(12)16(21)22-2/h3-8H,1-2H3,(H,18,20). The first-order valence-electron chi connectivity index (χ1n) is 6.96. The smallest absolute Gasteiger partial charge is 0.350 e. The highest BCUT2D eigenvalue weighted by Gasteiger charge is 2.16. The largest absolute Gasteiger partial charge is 0.465 e. The molecule has 0 fully saturated rings. The number of anilines is 1. The van der Waals surface area contributed by atoms with Crippen molar-refractivity contribution in [3.05, 3.63) is 52.0 Å². The molecule has 0 saturated heterocycles. The molecule has 0 aliphatic carbocycles. The summed E-state index contributed by atoms with van der Waals surface area (Å²) < 4.78 is 9.76. The van der Waals surface area contributed by atoms with Crippen molar-refractivity contribution >= 4 is 28.9 Å². The van der Waals surface area contributed by atoms with Crippen LogP contribution in [0.5, 0.6) is 0 Å². The Morgan fingerprint density at radius 3 is 2.58 bits per heavy atom. The lowest BCUT2D eigenvalue weighted by molar-refractivity contribution is 0.0607. The highest BCUT2D eigenvalue weighted by Crippen LogP contribution is 2.24. The van der Waals surface area contributed by atoms with E-state index in [-0.39, 0.29) is 5.91 Å². The molecule has 3 aromatic rings. The summed E-state index contributed by atoms with van der Waals surface area (Å²) in [5.41, 5.74) is 1.59. The number of thiophene rings is 1. The Morgan fingerprint density at radius 2 is 1.96 bits per heavy atom. The van der Waals surface area contributed by atoms with E-state index >= 15 is 0 Å². The van der Waals surface area contributed by atoms with Gasteiger partial charge in [-0.25, -0.2) is 4.79 Å². The van der Waals surface area contributed by atoms with E-state index in [0.29, 0.717) is 27.8 Å². The summed E-state index contributed by atoms with van der Waals surface area (Å²) >= 11 is 1.20. The highest BCUT2D eigenvalue weighted by molar-refractivity contribution is 7.12. The number of benzene rings is 1. The van der Waals surface area contributed by atoms with E-state index in [1.54, 1.807) is 42.6 Å². The predicted molar refractivity (Wildman–Crippen MR) is 88.1 cm³/mol. The van der Waals surface area contributed by atoms with Crippen molar-refractivity contribution in [2.24, 2.45) is 0 Å². The number of nitrogens with zero attached hydrogens (tertiary/aromatic N) is 2. The quantitative estimate of drug-likeness (QED) is 0.731. The van der Waals surface area contributed by atoms with Crippen LogP contribution in [0, 0.1) is 6.92 Å². The fraction of sp³-hybridized carbons (Fsp3) is 0.125. The fourth-order valence-electron chi connectivity index (χ4n) is 2.03. The number of esters is 1. The number of ether oxygens (including phenoxy) is 1. The van der Waals surface area contributed by atoms with Crippen LogP contribution in [0.15, 0.2) is 40.2 Å². The monoisotopic (exact) mass is 343 g/mol. The first-order chi connectivity index (χ1) is 11.6. The van der Waals surface area contributed by atoms with Crippen LogP contribution >= 0.6 is 11.3 Å². The fourth-order valence-corrected chi connectivity index (χ4v) is 2.80. The highest BCUT2D eigenvalue weighted by atomic mass is 32.1. The minimum atomic E-state index is -0.484. The summed E-state index contributed by atoms with van der Waals surface area (Å²) in [6, 6.07) is 8.39. The average molecular weight is 343 g/mol. The van der Waals surface area contributed by atoms with E-state index in [0.717, 1.165) is 5.56 Å². The molecule has 1 N–H and O–H groups in total. The van der Waals surface area contributed by atoms with Gasteiger partial charge < -0.3 is 14.6 Å². The van der Waals surface area contributed by atoms with Crippen LogP contribution in [0.4, 0.5) is 5.69 Å². The van der Waals surface area contributed by atoms with Crippen LogP contribution in [0.2, 0.25) is 0 Å². The Bertz CT molecular complexity index is 883. The molecule has 7 nitrogen and oxygen atoms in total. The number of nitrogens with one attached hydrogen (secondary N) is 1. The predicted octanol–water partition coefficient (Wildman–Crippen LogP) is 3.15. The lowest BCUT2D eigenvalue weighted by Crippen LogP contribution is -2.13. The number of aromatic nitrogens is 2. The molecule has 24 heavy (non-hydrogen) atoms. The molecule has 8 heteroatoms. The molecule has 0 aliphatic heterocycles. The van der Waals surface area contributed by atoms with Crippen LogP contribution < -0.4 is 5.32 Å². The lowest BCUT2D eigenvalue weighted by atomic mass is 10.1. The van der Waals surface area contributed by atoms with E-state index < -0.39 is 5.97 Å². The second kappa shape index (κ2) is 6.63. The number of hydrogen-bond donors (Lipinski definition) is 1. The van der Waals surface area contributed by atoms with Crippen molar-refractivity contribution in [2.75, 3.05) is 12.4 Å². The van der Waals surface area contributed by atoms with Crippen molar-refractivity contribution in [2.45, 2.75) is 6.92 Å². The molecule has 1 aromatic carbocycles. The minimum absolute atomic E-state index is 0.327. The van der Waals surface area contributed by atoms with Gasteiger partial charge in [0.05, 0.1) is 12.8 Å². The number of hydrogen-bond acceptors (Lipinski definition) is 7. The Balaban J connectivity index is 1.76. The normalized spacial score (nSPS) is 10.4. The maximum absolute atomic E-state index is 12.3. The van der Waals surface area contributed by atoms with Gasteiger partial charge in [0.15, 0.2) is 5.82 Å². The molecule has 0 atom stereocenters.